The smallest absolute Gasteiger partial charge is 0.337 e. The first kappa shape index (κ1) is 20.6. The van der Waals surface area contributed by atoms with Crippen molar-refractivity contribution in [2.75, 3.05) is 23.3 Å². The summed E-state index contributed by atoms with van der Waals surface area (Å²) in [5.74, 6) is -1.66. The fourth-order valence-corrected chi connectivity index (χ4v) is 4.10. The highest BCUT2D eigenvalue weighted by atomic mass is 19.1. The molecule has 2 N–H and O–H groups in total. The van der Waals surface area contributed by atoms with Crippen molar-refractivity contribution in [3.05, 3.63) is 94.8 Å². The molecule has 1 aliphatic rings. The number of carbonyl (C=O) groups excluding carboxylic acids is 1. The van der Waals surface area contributed by atoms with Crippen LogP contribution >= 0.6 is 0 Å². The maximum absolute atomic E-state index is 13.1. The zero-order valence-corrected chi connectivity index (χ0v) is 17.1. The number of hydrogen-bond donors (Lipinski definition) is 2. The van der Waals surface area contributed by atoms with Crippen molar-refractivity contribution in [1.82, 2.24) is 0 Å². The van der Waals surface area contributed by atoms with Gasteiger partial charge in [0.05, 0.1) is 11.3 Å². The number of hydrogen-bond acceptors (Lipinski definition) is 3. The van der Waals surface area contributed by atoms with Crippen LogP contribution in [-0.2, 0) is 0 Å². The largest absolute Gasteiger partial charge is 0.478 e. The fourth-order valence-electron chi connectivity index (χ4n) is 4.10. The first-order valence-corrected chi connectivity index (χ1v) is 10.2. The number of amides is 1. The van der Waals surface area contributed by atoms with Crippen LogP contribution in [0.25, 0.3) is 0 Å². The van der Waals surface area contributed by atoms with Gasteiger partial charge in [0.15, 0.2) is 0 Å². The lowest BCUT2D eigenvalue weighted by Gasteiger charge is -2.21. The third kappa shape index (κ3) is 4.43. The van der Waals surface area contributed by atoms with Crippen LogP contribution < -0.4 is 10.2 Å². The van der Waals surface area contributed by atoms with Crippen LogP contribution in [0.4, 0.5) is 15.8 Å². The highest BCUT2D eigenvalue weighted by Gasteiger charge is 2.26. The van der Waals surface area contributed by atoms with Gasteiger partial charge in [-0.1, -0.05) is 24.3 Å². The summed E-state index contributed by atoms with van der Waals surface area (Å²) >= 11 is 0. The van der Waals surface area contributed by atoms with Crippen LogP contribution in [0.15, 0.2) is 66.7 Å². The van der Waals surface area contributed by atoms with E-state index < -0.39 is 17.7 Å². The second-order valence-electron chi connectivity index (χ2n) is 7.78. The number of nitrogens with zero attached hydrogens (tertiary/aromatic N) is 1. The first-order chi connectivity index (χ1) is 14.9. The molecule has 31 heavy (non-hydrogen) atoms. The number of carbonyl (C=O) groups is 2. The van der Waals surface area contributed by atoms with Crippen LogP contribution in [0.1, 0.15) is 44.2 Å². The predicted molar refractivity (Wildman–Crippen MR) is 119 cm³/mol. The minimum absolute atomic E-state index is 0.0207. The highest BCUT2D eigenvalue weighted by Crippen LogP contribution is 2.34. The molecule has 1 fully saturated rings. The molecule has 1 amide bonds. The quantitative estimate of drug-likeness (QED) is 0.606. The normalized spacial score (nSPS) is 15.7. The van der Waals surface area contributed by atoms with Crippen molar-refractivity contribution in [2.45, 2.75) is 19.3 Å². The summed E-state index contributed by atoms with van der Waals surface area (Å²) in [6.45, 7) is 3.75. The van der Waals surface area contributed by atoms with E-state index in [1.165, 1.54) is 35.4 Å². The third-order valence-electron chi connectivity index (χ3n) is 5.77. The van der Waals surface area contributed by atoms with E-state index in [9.17, 15) is 19.1 Å². The zero-order chi connectivity index (χ0) is 22.0. The van der Waals surface area contributed by atoms with Crippen molar-refractivity contribution < 1.29 is 19.1 Å². The summed E-state index contributed by atoms with van der Waals surface area (Å²) in [7, 11) is 0. The van der Waals surface area contributed by atoms with Gasteiger partial charge in [0.2, 0.25) is 0 Å². The number of carboxylic acids is 1. The number of anilines is 2. The Morgan fingerprint density at radius 2 is 1.81 bits per heavy atom. The Hall–Kier alpha value is -3.67. The Kier molecular flexibility index (Phi) is 5.71. The number of nitrogens with one attached hydrogen (secondary N) is 1. The molecule has 1 saturated heterocycles. The molecule has 5 nitrogen and oxygen atoms in total. The van der Waals surface area contributed by atoms with E-state index in [0.717, 1.165) is 25.2 Å². The van der Waals surface area contributed by atoms with Crippen molar-refractivity contribution in [3.63, 3.8) is 0 Å². The van der Waals surface area contributed by atoms with Crippen LogP contribution in [0.2, 0.25) is 0 Å². The average Bonchev–Trinajstić information content (AvgIpc) is 3.24. The van der Waals surface area contributed by atoms with Gasteiger partial charge in [0.25, 0.3) is 5.91 Å². The van der Waals surface area contributed by atoms with E-state index in [1.807, 2.05) is 18.2 Å². The van der Waals surface area contributed by atoms with Gasteiger partial charge in [-0.3, -0.25) is 4.79 Å². The lowest BCUT2D eigenvalue weighted by Crippen LogP contribution is -2.20. The topological polar surface area (TPSA) is 69.6 Å². The minimum Gasteiger partial charge on any atom is -0.478 e. The van der Waals surface area contributed by atoms with Gasteiger partial charge in [0, 0.05) is 30.3 Å². The Balaban J connectivity index is 1.54. The van der Waals surface area contributed by atoms with Crippen molar-refractivity contribution in [2.24, 2.45) is 0 Å². The Bertz CT molecular complexity index is 1130. The number of aromatic carboxylic acids is 1. The van der Waals surface area contributed by atoms with Gasteiger partial charge in [-0.25, -0.2) is 9.18 Å². The van der Waals surface area contributed by atoms with Gasteiger partial charge in [-0.05, 0) is 66.9 Å². The monoisotopic (exact) mass is 418 g/mol. The maximum atomic E-state index is 13.1. The molecule has 3 aromatic carbocycles. The van der Waals surface area contributed by atoms with E-state index in [0.29, 0.717) is 5.92 Å². The van der Waals surface area contributed by atoms with Gasteiger partial charge < -0.3 is 15.3 Å². The van der Waals surface area contributed by atoms with Gasteiger partial charge >= 0.3 is 5.97 Å². The van der Waals surface area contributed by atoms with Gasteiger partial charge in [-0.2, -0.15) is 0 Å². The van der Waals surface area contributed by atoms with E-state index in [2.05, 4.69) is 29.3 Å². The molecule has 1 atom stereocenters. The fraction of sp³-hybridized carbons (Fsp3) is 0.200. The summed E-state index contributed by atoms with van der Waals surface area (Å²) in [5, 5.41) is 12.3. The molecule has 0 unspecified atom stereocenters. The molecule has 1 aliphatic heterocycles. The Morgan fingerprint density at radius 3 is 2.52 bits per heavy atom. The number of aryl methyl sites for hydroxylation is 1. The lowest BCUT2D eigenvalue weighted by molar-refractivity contribution is 0.0698. The molecule has 0 radical (unpaired) electrons. The number of carboxylic acid groups (broad SMARTS) is 1. The molecule has 3 aromatic rings. The molecule has 4 rings (SSSR count). The SMILES string of the molecule is Cc1ccccc1[C@@H]1CCN(c2ccc(NC(=O)c3ccc(F)cc3)c(C(=O)O)c2)C1. The number of rotatable bonds is 5. The van der Waals surface area contributed by atoms with E-state index >= 15 is 0 Å². The highest BCUT2D eigenvalue weighted by molar-refractivity contribution is 6.08. The summed E-state index contributed by atoms with van der Waals surface area (Å²) in [6, 6.07) is 18.5. The minimum atomic E-state index is -1.12. The summed E-state index contributed by atoms with van der Waals surface area (Å²) in [4.78, 5) is 26.5. The molecule has 0 spiro atoms. The Morgan fingerprint density at radius 1 is 1.06 bits per heavy atom. The van der Waals surface area contributed by atoms with Gasteiger partial charge in [0.1, 0.15) is 5.82 Å². The van der Waals surface area contributed by atoms with Crippen molar-refractivity contribution in [1.29, 1.82) is 0 Å². The third-order valence-corrected chi connectivity index (χ3v) is 5.77. The van der Waals surface area contributed by atoms with Crippen LogP contribution in [0.3, 0.4) is 0 Å². The van der Waals surface area contributed by atoms with Gasteiger partial charge in [-0.15, -0.1) is 0 Å². The first-order valence-electron chi connectivity index (χ1n) is 10.2. The second-order valence-corrected chi connectivity index (χ2v) is 7.78. The van der Waals surface area contributed by atoms with Crippen molar-refractivity contribution >= 4 is 23.3 Å². The van der Waals surface area contributed by atoms with E-state index in [4.69, 9.17) is 0 Å². The molecular formula is C25H23FN2O3. The molecule has 1 heterocycles. The standard InChI is InChI=1S/C25H23FN2O3/c1-16-4-2-3-5-21(16)18-12-13-28(15-18)20-10-11-23(22(14-20)25(30)31)27-24(29)17-6-8-19(26)9-7-17/h2-11,14,18H,12-13,15H2,1H3,(H,27,29)(H,30,31)/t18-/m1/s1. The number of halogens is 1. The summed E-state index contributed by atoms with van der Waals surface area (Å²) in [5.41, 5.74) is 3.88. The molecule has 6 heteroatoms. The zero-order valence-electron chi connectivity index (χ0n) is 17.1. The molecule has 0 aromatic heterocycles. The maximum Gasteiger partial charge on any atom is 0.337 e. The molecule has 158 valence electrons. The molecule has 0 bridgehead atoms. The summed E-state index contributed by atoms with van der Waals surface area (Å²) in [6.07, 6.45) is 0.996. The second kappa shape index (κ2) is 8.60. The lowest BCUT2D eigenvalue weighted by atomic mass is 9.94. The molecule has 0 aliphatic carbocycles. The summed E-state index contributed by atoms with van der Waals surface area (Å²) < 4.78 is 13.1. The van der Waals surface area contributed by atoms with Crippen LogP contribution in [0, 0.1) is 12.7 Å². The number of benzene rings is 3. The van der Waals surface area contributed by atoms with E-state index in [-0.39, 0.29) is 16.8 Å². The molecular weight excluding hydrogens is 395 g/mol. The average molecular weight is 418 g/mol. The van der Waals surface area contributed by atoms with E-state index in [1.54, 1.807) is 12.1 Å². The van der Waals surface area contributed by atoms with Crippen molar-refractivity contribution in [3.8, 4) is 0 Å². The molecule has 0 saturated carbocycles. The Labute approximate surface area is 180 Å². The van der Waals surface area contributed by atoms with Crippen LogP contribution in [-0.4, -0.2) is 30.1 Å². The predicted octanol–water partition coefficient (Wildman–Crippen LogP) is 5.08. The van der Waals surface area contributed by atoms with Crippen LogP contribution in [0.5, 0.6) is 0 Å².